The van der Waals surface area contributed by atoms with Crippen molar-refractivity contribution < 1.29 is 17.2 Å². The number of hydrogen-bond donors (Lipinski definition) is 1. The highest BCUT2D eigenvalue weighted by Crippen LogP contribution is 2.26. The molecule has 1 aromatic carbocycles. The van der Waals surface area contributed by atoms with Crippen molar-refractivity contribution in [3.05, 3.63) is 41.1 Å². The Hall–Kier alpha value is -0.750. The van der Waals surface area contributed by atoms with Gasteiger partial charge in [-0.2, -0.15) is 8.42 Å². The normalized spacial score (nSPS) is 13.3. The van der Waals surface area contributed by atoms with E-state index in [1.165, 1.54) is 0 Å². The molecule has 4 nitrogen and oxygen atoms in total. The van der Waals surface area contributed by atoms with Gasteiger partial charge < -0.3 is 4.18 Å². The first-order valence-electron chi connectivity index (χ1n) is 3.68. The van der Waals surface area contributed by atoms with Gasteiger partial charge in [0.1, 0.15) is 5.03 Å². The minimum absolute atomic E-state index is 0.102. The van der Waals surface area contributed by atoms with Gasteiger partial charge in [-0.1, -0.05) is 41.9 Å². The lowest BCUT2D eigenvalue weighted by atomic mass is 10.2. The predicted octanol–water partition coefficient (Wildman–Crippen LogP) is 2.61. The second kappa shape index (κ2) is 4.85. The van der Waals surface area contributed by atoms with E-state index < -0.39 is 15.6 Å². The van der Waals surface area contributed by atoms with Gasteiger partial charge in [-0.05, 0) is 17.2 Å². The maximum atomic E-state index is 10.3. The van der Waals surface area contributed by atoms with Crippen LogP contribution in [-0.4, -0.2) is 13.0 Å². The molecule has 0 radical (unpaired) electrons. The standard InChI is InChI=1S/C8H6Cl2O4S/c9-7(6-4-2-1-3-5-6)8(10)14-15(11,12)13/h1-5H,(H,11,12,13). The van der Waals surface area contributed by atoms with Crippen LogP contribution in [-0.2, 0) is 14.6 Å². The van der Waals surface area contributed by atoms with Gasteiger partial charge in [0, 0.05) is 0 Å². The molecular weight excluding hydrogens is 263 g/mol. The van der Waals surface area contributed by atoms with E-state index in [1.807, 2.05) is 0 Å². The summed E-state index contributed by atoms with van der Waals surface area (Å²) in [5.41, 5.74) is 0.479. The van der Waals surface area contributed by atoms with Gasteiger partial charge >= 0.3 is 10.4 Å². The van der Waals surface area contributed by atoms with Crippen LogP contribution in [0.5, 0.6) is 0 Å². The average molecular weight is 269 g/mol. The van der Waals surface area contributed by atoms with Gasteiger partial charge in [0.2, 0.25) is 5.22 Å². The van der Waals surface area contributed by atoms with Crippen molar-refractivity contribution in [1.29, 1.82) is 0 Å². The maximum Gasteiger partial charge on any atom is 0.447 e. The summed E-state index contributed by atoms with van der Waals surface area (Å²) < 4.78 is 33.0. The summed E-state index contributed by atoms with van der Waals surface area (Å²) in [5.74, 6) is 0. The van der Waals surface area contributed by atoms with Crippen molar-refractivity contribution in [1.82, 2.24) is 0 Å². The molecule has 82 valence electrons. The van der Waals surface area contributed by atoms with Crippen molar-refractivity contribution in [2.75, 3.05) is 0 Å². The van der Waals surface area contributed by atoms with Crippen LogP contribution in [0.1, 0.15) is 5.56 Å². The predicted molar refractivity (Wildman–Crippen MR) is 57.7 cm³/mol. The Morgan fingerprint density at radius 2 is 1.73 bits per heavy atom. The van der Waals surface area contributed by atoms with Gasteiger partial charge in [0.05, 0.1) is 0 Å². The second-order valence-electron chi connectivity index (χ2n) is 2.46. The molecule has 1 N–H and O–H groups in total. The van der Waals surface area contributed by atoms with Crippen LogP contribution in [0.2, 0.25) is 0 Å². The van der Waals surface area contributed by atoms with E-state index in [0.717, 1.165) is 0 Å². The lowest BCUT2D eigenvalue weighted by Crippen LogP contribution is -2.01. The first-order chi connectivity index (χ1) is 6.90. The topological polar surface area (TPSA) is 63.6 Å². The van der Waals surface area contributed by atoms with Gasteiger partial charge in [-0.3, -0.25) is 4.55 Å². The first kappa shape index (κ1) is 12.3. The Morgan fingerprint density at radius 3 is 2.20 bits per heavy atom. The van der Waals surface area contributed by atoms with E-state index in [2.05, 4.69) is 4.18 Å². The van der Waals surface area contributed by atoms with Crippen LogP contribution in [0.25, 0.3) is 5.03 Å². The maximum absolute atomic E-state index is 10.3. The highest BCUT2D eigenvalue weighted by Gasteiger charge is 2.12. The molecule has 0 bridgehead atoms. The van der Waals surface area contributed by atoms with Crippen LogP contribution >= 0.6 is 23.2 Å². The quantitative estimate of drug-likeness (QED) is 0.676. The Kier molecular flexibility index (Phi) is 3.98. The number of benzene rings is 1. The zero-order valence-corrected chi connectivity index (χ0v) is 9.55. The molecule has 1 rings (SSSR count). The SMILES string of the molecule is O=S(=O)(O)OC(Cl)=C(Cl)c1ccccc1. The molecule has 0 aromatic heterocycles. The third-order valence-electron chi connectivity index (χ3n) is 1.38. The third kappa shape index (κ3) is 4.09. The summed E-state index contributed by atoms with van der Waals surface area (Å²) >= 11 is 11.1. The molecule has 0 heterocycles. The highest BCUT2D eigenvalue weighted by atomic mass is 35.5. The lowest BCUT2D eigenvalue weighted by Gasteiger charge is -2.02. The fourth-order valence-corrected chi connectivity index (χ4v) is 1.65. The Balaban J connectivity index is 3.01. The van der Waals surface area contributed by atoms with E-state index in [0.29, 0.717) is 5.56 Å². The monoisotopic (exact) mass is 268 g/mol. The molecule has 1 aromatic rings. The van der Waals surface area contributed by atoms with Crippen LogP contribution in [0.15, 0.2) is 35.6 Å². The molecule has 0 aliphatic rings. The van der Waals surface area contributed by atoms with Crippen molar-refractivity contribution in [2.45, 2.75) is 0 Å². The Bertz CT molecular complexity index is 467. The molecule has 0 aliphatic heterocycles. The summed E-state index contributed by atoms with van der Waals surface area (Å²) in [5, 5.41) is -0.708. The molecule has 15 heavy (non-hydrogen) atoms. The van der Waals surface area contributed by atoms with E-state index in [1.54, 1.807) is 30.3 Å². The van der Waals surface area contributed by atoms with Crippen molar-refractivity contribution >= 4 is 38.6 Å². The number of rotatable bonds is 3. The van der Waals surface area contributed by atoms with Gasteiger partial charge in [0.15, 0.2) is 0 Å². The van der Waals surface area contributed by atoms with Crippen LogP contribution in [0, 0.1) is 0 Å². The molecule has 0 unspecified atom stereocenters. The smallest absolute Gasteiger partial charge is 0.347 e. The molecule has 0 spiro atoms. The Morgan fingerprint density at radius 1 is 1.20 bits per heavy atom. The zero-order valence-electron chi connectivity index (χ0n) is 7.22. The molecule has 0 saturated carbocycles. The lowest BCUT2D eigenvalue weighted by molar-refractivity contribution is 0.350. The molecule has 0 atom stereocenters. The second-order valence-corrected chi connectivity index (χ2v) is 4.21. The molecule has 0 aliphatic carbocycles. The summed E-state index contributed by atoms with van der Waals surface area (Å²) in [6, 6.07) is 8.35. The largest absolute Gasteiger partial charge is 0.447 e. The van der Waals surface area contributed by atoms with Crippen molar-refractivity contribution in [3.63, 3.8) is 0 Å². The summed E-state index contributed by atoms with van der Waals surface area (Å²) in [6.07, 6.45) is 0. The summed E-state index contributed by atoms with van der Waals surface area (Å²) in [6.45, 7) is 0. The first-order valence-corrected chi connectivity index (χ1v) is 5.80. The van der Waals surface area contributed by atoms with Crippen molar-refractivity contribution in [3.8, 4) is 0 Å². The van der Waals surface area contributed by atoms with E-state index in [4.69, 9.17) is 27.8 Å². The van der Waals surface area contributed by atoms with Crippen LogP contribution in [0.3, 0.4) is 0 Å². The van der Waals surface area contributed by atoms with E-state index >= 15 is 0 Å². The minimum atomic E-state index is -4.65. The minimum Gasteiger partial charge on any atom is -0.347 e. The molecule has 0 amide bonds. The van der Waals surface area contributed by atoms with E-state index in [-0.39, 0.29) is 5.03 Å². The molecule has 7 heteroatoms. The Labute approximate surface area is 97.0 Å². The summed E-state index contributed by atoms with van der Waals surface area (Å²) in [7, 11) is -4.65. The number of hydrogen-bond acceptors (Lipinski definition) is 3. The van der Waals surface area contributed by atoms with Crippen molar-refractivity contribution in [2.24, 2.45) is 0 Å². The fraction of sp³-hybridized carbons (Fsp3) is 0. The van der Waals surface area contributed by atoms with Gasteiger partial charge in [-0.25, -0.2) is 0 Å². The third-order valence-corrected chi connectivity index (χ3v) is 2.60. The highest BCUT2D eigenvalue weighted by molar-refractivity contribution is 7.81. The molecular formula is C8H6Cl2O4S. The number of halogens is 2. The van der Waals surface area contributed by atoms with Crippen LogP contribution in [0.4, 0.5) is 0 Å². The van der Waals surface area contributed by atoms with Crippen LogP contribution < -0.4 is 0 Å². The molecule has 0 saturated heterocycles. The van der Waals surface area contributed by atoms with Gasteiger partial charge in [0.25, 0.3) is 0 Å². The zero-order chi connectivity index (χ0) is 11.5. The fourth-order valence-electron chi connectivity index (χ4n) is 0.827. The van der Waals surface area contributed by atoms with E-state index in [9.17, 15) is 8.42 Å². The average Bonchev–Trinajstić information content (AvgIpc) is 2.15. The van der Waals surface area contributed by atoms with Gasteiger partial charge in [-0.15, -0.1) is 0 Å². The molecule has 0 fully saturated rings. The summed E-state index contributed by atoms with van der Waals surface area (Å²) in [4.78, 5) is 0.